The lowest BCUT2D eigenvalue weighted by atomic mass is 10.1. The number of pyridine rings is 1. The van der Waals surface area contributed by atoms with E-state index in [-0.39, 0.29) is 12.2 Å². The standard InChI is InChI=1S/C14H12N2O4/c1-2-7-20-14(19)16-12-11-4-3-10(13(17)18)8-9(11)5-6-15-12/h2-6,8H,1,7H2,(H,17,18)(H,15,16,19). The van der Waals surface area contributed by atoms with E-state index in [0.717, 1.165) is 0 Å². The monoisotopic (exact) mass is 272 g/mol. The van der Waals surface area contributed by atoms with E-state index in [2.05, 4.69) is 16.9 Å². The average Bonchev–Trinajstić information content (AvgIpc) is 2.44. The third-order valence-electron chi connectivity index (χ3n) is 2.56. The number of carbonyl (C=O) groups excluding carboxylic acids is 1. The highest BCUT2D eigenvalue weighted by molar-refractivity contribution is 6.01. The van der Waals surface area contributed by atoms with Crippen molar-refractivity contribution in [3.63, 3.8) is 0 Å². The van der Waals surface area contributed by atoms with Crippen LogP contribution in [0.4, 0.5) is 10.6 Å². The van der Waals surface area contributed by atoms with E-state index in [9.17, 15) is 9.59 Å². The minimum absolute atomic E-state index is 0.0970. The summed E-state index contributed by atoms with van der Waals surface area (Å²) >= 11 is 0. The van der Waals surface area contributed by atoms with Crippen LogP contribution in [0.15, 0.2) is 43.1 Å². The molecular weight excluding hydrogens is 260 g/mol. The zero-order chi connectivity index (χ0) is 14.5. The Balaban J connectivity index is 2.32. The normalized spacial score (nSPS) is 10.0. The molecule has 0 bridgehead atoms. The molecule has 6 heteroatoms. The van der Waals surface area contributed by atoms with Gasteiger partial charge in [0.25, 0.3) is 0 Å². The number of carboxylic acids is 1. The molecule has 102 valence electrons. The number of fused-ring (bicyclic) bond motifs is 1. The Morgan fingerprint density at radius 2 is 2.20 bits per heavy atom. The summed E-state index contributed by atoms with van der Waals surface area (Å²) < 4.78 is 4.80. The van der Waals surface area contributed by atoms with Crippen molar-refractivity contribution in [2.75, 3.05) is 11.9 Å². The van der Waals surface area contributed by atoms with Gasteiger partial charge < -0.3 is 9.84 Å². The van der Waals surface area contributed by atoms with E-state index >= 15 is 0 Å². The van der Waals surface area contributed by atoms with Crippen LogP contribution in [0, 0.1) is 0 Å². The van der Waals surface area contributed by atoms with Gasteiger partial charge in [0.2, 0.25) is 0 Å². The summed E-state index contributed by atoms with van der Waals surface area (Å²) in [5, 5.41) is 12.7. The third kappa shape index (κ3) is 2.92. The maximum absolute atomic E-state index is 11.5. The lowest BCUT2D eigenvalue weighted by Gasteiger charge is -2.08. The first-order valence-corrected chi connectivity index (χ1v) is 5.78. The fourth-order valence-electron chi connectivity index (χ4n) is 1.68. The summed E-state index contributed by atoms with van der Waals surface area (Å²) in [6, 6.07) is 6.23. The molecule has 2 aromatic rings. The number of ether oxygens (including phenoxy) is 1. The maximum Gasteiger partial charge on any atom is 0.413 e. The molecule has 0 aliphatic rings. The van der Waals surface area contributed by atoms with Crippen LogP contribution in [0.25, 0.3) is 10.8 Å². The minimum Gasteiger partial charge on any atom is -0.478 e. The van der Waals surface area contributed by atoms with Crippen LogP contribution >= 0.6 is 0 Å². The Hall–Kier alpha value is -2.89. The van der Waals surface area contributed by atoms with Crippen LogP contribution in [0.1, 0.15) is 10.4 Å². The molecule has 0 aliphatic carbocycles. The number of aromatic carboxylic acids is 1. The molecule has 0 fully saturated rings. The van der Waals surface area contributed by atoms with E-state index in [1.54, 1.807) is 12.1 Å². The van der Waals surface area contributed by atoms with Crippen molar-refractivity contribution in [2.45, 2.75) is 0 Å². The molecule has 0 radical (unpaired) electrons. The number of amides is 1. The van der Waals surface area contributed by atoms with Crippen LogP contribution in [0.5, 0.6) is 0 Å². The Morgan fingerprint density at radius 1 is 1.40 bits per heavy atom. The molecule has 0 spiro atoms. The van der Waals surface area contributed by atoms with Crippen molar-refractivity contribution in [3.8, 4) is 0 Å². The van der Waals surface area contributed by atoms with Crippen molar-refractivity contribution in [2.24, 2.45) is 0 Å². The first kappa shape index (κ1) is 13.5. The molecule has 0 atom stereocenters. The Labute approximate surface area is 114 Å². The Morgan fingerprint density at radius 3 is 2.90 bits per heavy atom. The van der Waals surface area contributed by atoms with E-state index in [1.807, 2.05) is 0 Å². The first-order valence-electron chi connectivity index (χ1n) is 5.78. The number of nitrogens with one attached hydrogen (secondary N) is 1. The van der Waals surface area contributed by atoms with E-state index in [0.29, 0.717) is 16.6 Å². The lowest BCUT2D eigenvalue weighted by molar-refractivity contribution is 0.0697. The summed E-state index contributed by atoms with van der Waals surface area (Å²) in [7, 11) is 0. The topological polar surface area (TPSA) is 88.5 Å². The highest BCUT2D eigenvalue weighted by Gasteiger charge is 2.09. The number of carboxylic acid groups (broad SMARTS) is 1. The molecule has 6 nitrogen and oxygen atoms in total. The summed E-state index contributed by atoms with van der Waals surface area (Å²) in [5.41, 5.74) is 0.170. The average molecular weight is 272 g/mol. The molecule has 0 saturated carbocycles. The molecule has 1 aromatic heterocycles. The largest absolute Gasteiger partial charge is 0.478 e. The second-order valence-corrected chi connectivity index (χ2v) is 3.91. The number of hydrogen-bond donors (Lipinski definition) is 2. The highest BCUT2D eigenvalue weighted by Crippen LogP contribution is 2.22. The third-order valence-corrected chi connectivity index (χ3v) is 2.56. The molecule has 1 amide bonds. The number of anilines is 1. The van der Waals surface area contributed by atoms with E-state index in [4.69, 9.17) is 9.84 Å². The van der Waals surface area contributed by atoms with Gasteiger partial charge in [-0.1, -0.05) is 12.7 Å². The van der Waals surface area contributed by atoms with Crippen LogP contribution in [-0.4, -0.2) is 28.8 Å². The predicted octanol–water partition coefficient (Wildman–Crippen LogP) is 2.67. The summed E-state index contributed by atoms with van der Waals surface area (Å²) in [6.45, 7) is 3.54. The van der Waals surface area contributed by atoms with Gasteiger partial charge in [0, 0.05) is 11.6 Å². The smallest absolute Gasteiger partial charge is 0.413 e. The minimum atomic E-state index is -1.01. The van der Waals surface area contributed by atoms with Gasteiger partial charge in [0.05, 0.1) is 5.56 Å². The second kappa shape index (κ2) is 5.83. The van der Waals surface area contributed by atoms with Crippen molar-refractivity contribution >= 4 is 28.7 Å². The second-order valence-electron chi connectivity index (χ2n) is 3.91. The SMILES string of the molecule is C=CCOC(=O)Nc1nccc2cc(C(=O)O)ccc12. The number of hydrogen-bond acceptors (Lipinski definition) is 4. The van der Waals surface area contributed by atoms with Gasteiger partial charge in [-0.05, 0) is 29.7 Å². The van der Waals surface area contributed by atoms with Crippen LogP contribution < -0.4 is 5.32 Å². The number of aromatic nitrogens is 1. The number of carbonyl (C=O) groups is 2. The van der Waals surface area contributed by atoms with Crippen molar-refractivity contribution in [1.82, 2.24) is 4.98 Å². The van der Waals surface area contributed by atoms with Crippen molar-refractivity contribution in [3.05, 3.63) is 48.7 Å². The summed E-state index contributed by atoms with van der Waals surface area (Å²) in [5.74, 6) is -0.697. The molecule has 0 saturated heterocycles. The van der Waals surface area contributed by atoms with Crippen LogP contribution in [-0.2, 0) is 4.74 Å². The number of nitrogens with zero attached hydrogens (tertiary/aromatic N) is 1. The quantitative estimate of drug-likeness (QED) is 0.835. The summed E-state index contributed by atoms with van der Waals surface area (Å²) in [6.07, 6.45) is 2.29. The van der Waals surface area contributed by atoms with Gasteiger partial charge in [-0.2, -0.15) is 0 Å². The summed E-state index contributed by atoms with van der Waals surface area (Å²) in [4.78, 5) is 26.4. The van der Waals surface area contributed by atoms with Gasteiger partial charge in [-0.3, -0.25) is 5.32 Å². The van der Waals surface area contributed by atoms with Gasteiger partial charge in [0.1, 0.15) is 12.4 Å². The zero-order valence-electron chi connectivity index (χ0n) is 10.5. The van der Waals surface area contributed by atoms with E-state index < -0.39 is 12.1 Å². The maximum atomic E-state index is 11.5. The van der Waals surface area contributed by atoms with Gasteiger partial charge >= 0.3 is 12.1 Å². The van der Waals surface area contributed by atoms with E-state index in [1.165, 1.54) is 24.4 Å². The van der Waals surface area contributed by atoms with Crippen LogP contribution in [0.3, 0.4) is 0 Å². The van der Waals surface area contributed by atoms with Crippen molar-refractivity contribution < 1.29 is 19.4 Å². The molecule has 0 aliphatic heterocycles. The molecule has 0 unspecified atom stereocenters. The fourth-order valence-corrected chi connectivity index (χ4v) is 1.68. The Kier molecular flexibility index (Phi) is 3.95. The van der Waals surface area contributed by atoms with Crippen LogP contribution in [0.2, 0.25) is 0 Å². The first-order chi connectivity index (χ1) is 9.61. The predicted molar refractivity (Wildman–Crippen MR) is 73.9 cm³/mol. The number of benzene rings is 1. The molecule has 2 N–H and O–H groups in total. The molecule has 2 rings (SSSR count). The molecular formula is C14H12N2O4. The lowest BCUT2D eigenvalue weighted by Crippen LogP contribution is -2.14. The molecule has 20 heavy (non-hydrogen) atoms. The Bertz CT molecular complexity index is 682. The molecule has 1 aromatic carbocycles. The fraction of sp³-hybridized carbons (Fsp3) is 0.0714. The molecule has 1 heterocycles. The van der Waals surface area contributed by atoms with Gasteiger partial charge in [-0.25, -0.2) is 14.6 Å². The van der Waals surface area contributed by atoms with Gasteiger partial charge in [-0.15, -0.1) is 0 Å². The van der Waals surface area contributed by atoms with Gasteiger partial charge in [0.15, 0.2) is 0 Å². The highest BCUT2D eigenvalue weighted by atomic mass is 16.5. The zero-order valence-corrected chi connectivity index (χ0v) is 10.5. The number of rotatable bonds is 4. The van der Waals surface area contributed by atoms with Crippen molar-refractivity contribution in [1.29, 1.82) is 0 Å².